The van der Waals surface area contributed by atoms with Crippen LogP contribution in [-0.4, -0.2) is 58.6 Å². The lowest BCUT2D eigenvalue weighted by molar-refractivity contribution is 0.313. The summed E-state index contributed by atoms with van der Waals surface area (Å²) in [6.07, 6.45) is 0. The fourth-order valence-corrected chi connectivity index (χ4v) is 2.80. The molecule has 1 aromatic heterocycles. The van der Waals surface area contributed by atoms with E-state index in [0.717, 1.165) is 24.2 Å². The first kappa shape index (κ1) is 20.4. The minimum absolute atomic E-state index is 0.00929. The highest BCUT2D eigenvalue weighted by Gasteiger charge is 2.17. The Bertz CT molecular complexity index is 909. The lowest BCUT2D eigenvalue weighted by Crippen LogP contribution is -2.33. The second-order valence-electron chi connectivity index (χ2n) is 5.99. The largest absolute Gasteiger partial charge is 0.497 e. The molecule has 27 heavy (non-hydrogen) atoms. The van der Waals surface area contributed by atoms with Gasteiger partial charge in [-0.15, -0.1) is 0 Å². The van der Waals surface area contributed by atoms with E-state index in [2.05, 4.69) is 28.7 Å². The van der Waals surface area contributed by atoms with Crippen molar-refractivity contribution in [2.45, 2.75) is 20.8 Å². The molecule has 0 saturated heterocycles. The number of hydrogen-bond donors (Lipinski definition) is 2. The minimum atomic E-state index is -0.720. The molecule has 2 rings (SSSR count). The number of H-pyrrole nitrogens is 1. The van der Waals surface area contributed by atoms with Gasteiger partial charge in [-0.05, 0) is 44.3 Å². The van der Waals surface area contributed by atoms with Gasteiger partial charge in [0.05, 0.1) is 19.3 Å². The molecular weight excluding hydrogens is 348 g/mol. The Hall–Kier alpha value is -2.87. The summed E-state index contributed by atoms with van der Waals surface area (Å²) in [6, 6.07) is 6.57. The molecule has 8 nitrogen and oxygen atoms in total. The van der Waals surface area contributed by atoms with Crippen molar-refractivity contribution in [1.29, 1.82) is 0 Å². The van der Waals surface area contributed by atoms with Gasteiger partial charge in [-0.1, -0.05) is 13.8 Å². The van der Waals surface area contributed by atoms with Crippen LogP contribution in [0.3, 0.4) is 0 Å². The second kappa shape index (κ2) is 9.18. The number of hydrogen-bond acceptors (Lipinski definition) is 6. The topological polar surface area (TPSA) is 99.9 Å². The highest BCUT2D eigenvalue weighted by atomic mass is 16.5. The third kappa shape index (κ3) is 4.65. The van der Waals surface area contributed by atoms with E-state index in [0.29, 0.717) is 23.7 Å². The molecule has 146 valence electrons. The molecular formula is C19H26N4O4. The number of nitrogens with one attached hydrogen (secondary N) is 1. The maximum absolute atomic E-state index is 12.3. The van der Waals surface area contributed by atoms with E-state index in [1.807, 2.05) is 0 Å². The SMILES string of the molecule is CCN(CC)CCN=C(C)c1c(O)n(-c2ccc(OC)cc2)c(=O)[nH]c1=O. The number of ether oxygens (including phenoxy) is 1. The molecule has 0 aliphatic carbocycles. The summed E-state index contributed by atoms with van der Waals surface area (Å²) >= 11 is 0. The van der Waals surface area contributed by atoms with Crippen LogP contribution in [0.25, 0.3) is 5.69 Å². The summed E-state index contributed by atoms with van der Waals surface area (Å²) in [5.74, 6) is 0.183. The first-order valence-corrected chi connectivity index (χ1v) is 8.89. The molecule has 0 saturated carbocycles. The zero-order chi connectivity index (χ0) is 20.0. The number of benzene rings is 1. The van der Waals surface area contributed by atoms with Gasteiger partial charge in [0, 0.05) is 12.3 Å². The third-order valence-corrected chi connectivity index (χ3v) is 4.44. The molecule has 0 radical (unpaired) electrons. The first-order chi connectivity index (χ1) is 12.9. The van der Waals surface area contributed by atoms with Gasteiger partial charge in [0.25, 0.3) is 5.56 Å². The molecule has 0 aliphatic rings. The van der Waals surface area contributed by atoms with Crippen LogP contribution in [0.5, 0.6) is 11.6 Å². The van der Waals surface area contributed by atoms with E-state index in [-0.39, 0.29) is 5.56 Å². The Kier molecular flexibility index (Phi) is 6.95. The molecule has 0 fully saturated rings. The summed E-state index contributed by atoms with van der Waals surface area (Å²) in [5, 5.41) is 10.6. The summed E-state index contributed by atoms with van der Waals surface area (Å²) in [6.45, 7) is 8.87. The average molecular weight is 374 g/mol. The van der Waals surface area contributed by atoms with Crippen LogP contribution in [0.2, 0.25) is 0 Å². The zero-order valence-corrected chi connectivity index (χ0v) is 16.2. The normalized spacial score (nSPS) is 11.8. The van der Waals surface area contributed by atoms with Crippen LogP contribution in [0.4, 0.5) is 0 Å². The van der Waals surface area contributed by atoms with Gasteiger partial charge in [0.15, 0.2) is 0 Å². The fourth-order valence-electron chi connectivity index (χ4n) is 2.80. The highest BCUT2D eigenvalue weighted by Crippen LogP contribution is 2.19. The maximum atomic E-state index is 12.3. The monoisotopic (exact) mass is 374 g/mol. The maximum Gasteiger partial charge on any atom is 0.335 e. The highest BCUT2D eigenvalue weighted by molar-refractivity contribution is 6.00. The van der Waals surface area contributed by atoms with Gasteiger partial charge in [-0.2, -0.15) is 0 Å². The summed E-state index contributed by atoms with van der Waals surface area (Å²) in [5.41, 5.74) is -0.603. The lowest BCUT2D eigenvalue weighted by Gasteiger charge is -2.16. The Morgan fingerprint density at radius 1 is 1.22 bits per heavy atom. The quantitative estimate of drug-likeness (QED) is 0.680. The van der Waals surface area contributed by atoms with Gasteiger partial charge < -0.3 is 14.7 Å². The van der Waals surface area contributed by atoms with Crippen molar-refractivity contribution >= 4 is 5.71 Å². The van der Waals surface area contributed by atoms with Crippen LogP contribution in [0.1, 0.15) is 26.3 Å². The number of methoxy groups -OCH3 is 1. The molecule has 0 spiro atoms. The molecule has 0 amide bonds. The van der Waals surface area contributed by atoms with E-state index in [1.165, 1.54) is 7.11 Å². The van der Waals surface area contributed by atoms with Gasteiger partial charge in [0.1, 0.15) is 11.3 Å². The number of likely N-dealkylation sites (N-methyl/N-ethyl adjacent to an activating group) is 1. The molecule has 0 unspecified atom stereocenters. The molecule has 2 N–H and O–H groups in total. The van der Waals surface area contributed by atoms with Crippen LogP contribution >= 0.6 is 0 Å². The van der Waals surface area contributed by atoms with Gasteiger partial charge in [0.2, 0.25) is 5.88 Å². The van der Waals surface area contributed by atoms with E-state index in [1.54, 1.807) is 31.2 Å². The predicted molar refractivity (Wildman–Crippen MR) is 106 cm³/mol. The number of aromatic nitrogens is 2. The second-order valence-corrected chi connectivity index (χ2v) is 5.99. The van der Waals surface area contributed by atoms with Crippen LogP contribution in [0, 0.1) is 0 Å². The number of aliphatic imine (C=N–C) groups is 1. The van der Waals surface area contributed by atoms with Gasteiger partial charge in [-0.25, -0.2) is 9.36 Å². The fraction of sp³-hybridized carbons (Fsp3) is 0.421. The Labute approximate surface area is 157 Å². The molecule has 8 heteroatoms. The lowest BCUT2D eigenvalue weighted by atomic mass is 10.2. The van der Waals surface area contributed by atoms with Crippen molar-refractivity contribution < 1.29 is 9.84 Å². The van der Waals surface area contributed by atoms with Crippen LogP contribution < -0.4 is 16.0 Å². The molecule has 2 aromatic rings. The zero-order valence-electron chi connectivity index (χ0n) is 16.2. The standard InChI is InChI=1S/C19H26N4O4/c1-5-22(6-2)12-11-20-13(3)16-17(24)21-19(26)23(18(16)25)14-7-9-15(27-4)10-8-14/h7-10,25H,5-6,11-12H2,1-4H3,(H,21,24,26). The summed E-state index contributed by atoms with van der Waals surface area (Å²) < 4.78 is 6.14. The van der Waals surface area contributed by atoms with Crippen molar-refractivity contribution in [2.75, 3.05) is 33.3 Å². The van der Waals surface area contributed by atoms with Gasteiger partial charge >= 0.3 is 5.69 Å². The van der Waals surface area contributed by atoms with E-state index >= 15 is 0 Å². The van der Waals surface area contributed by atoms with Crippen molar-refractivity contribution in [3.8, 4) is 17.3 Å². The minimum Gasteiger partial charge on any atom is -0.497 e. The Morgan fingerprint density at radius 3 is 2.41 bits per heavy atom. The predicted octanol–water partition coefficient (Wildman–Crippen LogP) is 1.39. The van der Waals surface area contributed by atoms with Crippen molar-refractivity contribution in [3.05, 3.63) is 50.7 Å². The van der Waals surface area contributed by atoms with Crippen molar-refractivity contribution in [3.63, 3.8) is 0 Å². The Morgan fingerprint density at radius 2 is 1.85 bits per heavy atom. The molecule has 1 heterocycles. The molecule has 1 aromatic carbocycles. The number of nitrogens with zero attached hydrogens (tertiary/aromatic N) is 3. The number of aromatic amines is 1. The smallest absolute Gasteiger partial charge is 0.335 e. The van der Waals surface area contributed by atoms with E-state index in [9.17, 15) is 14.7 Å². The van der Waals surface area contributed by atoms with Crippen molar-refractivity contribution in [1.82, 2.24) is 14.5 Å². The van der Waals surface area contributed by atoms with Crippen LogP contribution in [-0.2, 0) is 0 Å². The van der Waals surface area contributed by atoms with Crippen LogP contribution in [0.15, 0.2) is 38.8 Å². The third-order valence-electron chi connectivity index (χ3n) is 4.44. The Balaban J connectivity index is 2.42. The number of aromatic hydroxyl groups is 1. The molecule has 0 atom stereocenters. The van der Waals surface area contributed by atoms with Gasteiger partial charge in [-0.3, -0.25) is 14.8 Å². The number of rotatable bonds is 8. The summed E-state index contributed by atoms with van der Waals surface area (Å²) in [7, 11) is 1.54. The average Bonchev–Trinajstić information content (AvgIpc) is 2.65. The molecule has 0 aliphatic heterocycles. The summed E-state index contributed by atoms with van der Waals surface area (Å²) in [4.78, 5) is 33.4. The van der Waals surface area contributed by atoms with Crippen molar-refractivity contribution in [2.24, 2.45) is 4.99 Å². The first-order valence-electron chi connectivity index (χ1n) is 8.89. The van der Waals surface area contributed by atoms with E-state index < -0.39 is 17.1 Å². The molecule has 0 bridgehead atoms. The van der Waals surface area contributed by atoms with E-state index in [4.69, 9.17) is 4.74 Å².